The fraction of sp³-hybridized carbons (Fsp3) is 0.278. The van der Waals surface area contributed by atoms with Crippen LogP contribution in [-0.4, -0.2) is 32.0 Å². The minimum absolute atomic E-state index is 0.290. The number of nitrogens with zero attached hydrogens (tertiary/aromatic N) is 2. The van der Waals surface area contributed by atoms with Gasteiger partial charge < -0.3 is 0 Å². The van der Waals surface area contributed by atoms with Crippen LogP contribution in [0.1, 0.15) is 24.8 Å². The summed E-state index contributed by atoms with van der Waals surface area (Å²) in [5.74, 6) is 0. The Morgan fingerprint density at radius 1 is 1.00 bits per heavy atom. The maximum absolute atomic E-state index is 12.9. The van der Waals surface area contributed by atoms with E-state index in [1.54, 1.807) is 52.8 Å². The van der Waals surface area contributed by atoms with Crippen molar-refractivity contribution in [2.45, 2.75) is 24.2 Å². The third-order valence-corrected chi connectivity index (χ3v) is 6.32. The molecule has 0 aromatic heterocycles. The fourth-order valence-electron chi connectivity index (χ4n) is 2.77. The molecule has 7 heteroatoms. The van der Waals surface area contributed by atoms with Gasteiger partial charge in [-0.1, -0.05) is 36.2 Å². The number of nitrogens with one attached hydrogen (secondary N) is 1. The Morgan fingerprint density at radius 2 is 1.68 bits per heavy atom. The lowest BCUT2D eigenvalue weighted by atomic mass is 10.2. The molecule has 1 aliphatic rings. The Balaban J connectivity index is 1.80. The predicted octanol–water partition coefficient (Wildman–Crippen LogP) is 3.96. The van der Waals surface area contributed by atoms with Crippen LogP contribution in [0.3, 0.4) is 0 Å². The van der Waals surface area contributed by atoms with Gasteiger partial charge in [0, 0.05) is 23.7 Å². The van der Waals surface area contributed by atoms with E-state index in [0.29, 0.717) is 28.6 Å². The molecule has 0 bridgehead atoms. The quantitative estimate of drug-likeness (QED) is 0.633. The first-order chi connectivity index (χ1) is 12.1. The number of halogens is 1. The van der Waals surface area contributed by atoms with Crippen LogP contribution in [0.15, 0.2) is 58.5 Å². The van der Waals surface area contributed by atoms with Crippen molar-refractivity contribution in [3.05, 3.63) is 59.1 Å². The van der Waals surface area contributed by atoms with Gasteiger partial charge in [-0.2, -0.15) is 9.41 Å². The zero-order valence-electron chi connectivity index (χ0n) is 13.7. The lowest BCUT2D eigenvalue weighted by molar-refractivity contribution is 0.346. The van der Waals surface area contributed by atoms with E-state index in [1.807, 2.05) is 0 Å². The molecule has 1 aliphatic heterocycles. The van der Waals surface area contributed by atoms with Crippen LogP contribution in [0.2, 0.25) is 5.02 Å². The molecule has 0 aliphatic carbocycles. The molecule has 25 heavy (non-hydrogen) atoms. The Kier molecular flexibility index (Phi) is 5.73. The summed E-state index contributed by atoms with van der Waals surface area (Å²) in [6.45, 7) is 1.16. The van der Waals surface area contributed by atoms with Crippen molar-refractivity contribution in [1.82, 2.24) is 4.31 Å². The molecule has 2 aromatic rings. The largest absolute Gasteiger partial charge is 0.279 e. The maximum Gasteiger partial charge on any atom is 0.243 e. The van der Waals surface area contributed by atoms with Gasteiger partial charge >= 0.3 is 0 Å². The van der Waals surface area contributed by atoms with Crippen LogP contribution in [-0.2, 0) is 10.0 Å². The van der Waals surface area contributed by atoms with Gasteiger partial charge in [0.25, 0.3) is 0 Å². The molecule has 1 fully saturated rings. The summed E-state index contributed by atoms with van der Waals surface area (Å²) in [6.07, 6.45) is 4.44. The van der Waals surface area contributed by atoms with Gasteiger partial charge in [-0.25, -0.2) is 8.42 Å². The molecule has 0 atom stereocenters. The van der Waals surface area contributed by atoms with Gasteiger partial charge in [-0.15, -0.1) is 0 Å². The van der Waals surface area contributed by atoms with E-state index < -0.39 is 10.0 Å². The van der Waals surface area contributed by atoms with Gasteiger partial charge in [-0.3, -0.25) is 5.43 Å². The molecule has 1 heterocycles. The molecule has 132 valence electrons. The molecule has 1 saturated heterocycles. The molecule has 0 unspecified atom stereocenters. The lowest BCUT2D eigenvalue weighted by Crippen LogP contribution is -2.36. The first kappa shape index (κ1) is 17.9. The van der Waals surface area contributed by atoms with E-state index in [9.17, 15) is 8.42 Å². The van der Waals surface area contributed by atoms with E-state index >= 15 is 0 Å². The number of rotatable bonds is 5. The highest BCUT2D eigenvalue weighted by molar-refractivity contribution is 7.89. The van der Waals surface area contributed by atoms with Crippen molar-refractivity contribution in [3.63, 3.8) is 0 Å². The Morgan fingerprint density at radius 3 is 2.40 bits per heavy atom. The van der Waals surface area contributed by atoms with Crippen LogP contribution in [0.4, 0.5) is 5.69 Å². The topological polar surface area (TPSA) is 61.8 Å². The highest BCUT2D eigenvalue weighted by Gasteiger charge is 2.27. The maximum atomic E-state index is 12.9. The second-order valence-corrected chi connectivity index (χ2v) is 8.22. The second-order valence-electron chi connectivity index (χ2n) is 5.88. The fourth-order valence-corrected chi connectivity index (χ4v) is 4.58. The van der Waals surface area contributed by atoms with Crippen molar-refractivity contribution < 1.29 is 8.42 Å². The van der Waals surface area contributed by atoms with E-state index in [1.165, 1.54) is 6.21 Å². The van der Waals surface area contributed by atoms with Crippen LogP contribution in [0, 0.1) is 0 Å². The number of anilines is 1. The lowest BCUT2D eigenvalue weighted by Gasteiger charge is -2.26. The third kappa shape index (κ3) is 4.39. The van der Waals surface area contributed by atoms with Crippen molar-refractivity contribution in [2.75, 3.05) is 18.5 Å². The van der Waals surface area contributed by atoms with Gasteiger partial charge in [0.15, 0.2) is 0 Å². The molecular weight excluding hydrogens is 358 g/mol. The van der Waals surface area contributed by atoms with Gasteiger partial charge in [0.2, 0.25) is 10.0 Å². The molecule has 3 rings (SSSR count). The average Bonchev–Trinajstić information content (AvgIpc) is 2.64. The molecule has 2 aromatic carbocycles. The number of sulfonamides is 1. The van der Waals surface area contributed by atoms with E-state index in [2.05, 4.69) is 10.5 Å². The Bertz CT molecular complexity index is 845. The van der Waals surface area contributed by atoms with Crippen molar-refractivity contribution in [3.8, 4) is 0 Å². The molecule has 1 N–H and O–H groups in total. The van der Waals surface area contributed by atoms with Crippen LogP contribution < -0.4 is 5.43 Å². The molecule has 0 spiro atoms. The second kappa shape index (κ2) is 7.99. The van der Waals surface area contributed by atoms with E-state index in [0.717, 1.165) is 24.9 Å². The van der Waals surface area contributed by atoms with Gasteiger partial charge in [-0.05, 0) is 43.2 Å². The van der Waals surface area contributed by atoms with Crippen LogP contribution in [0.25, 0.3) is 0 Å². The smallest absolute Gasteiger partial charge is 0.243 e. The van der Waals surface area contributed by atoms with Gasteiger partial charge in [0.05, 0.1) is 16.8 Å². The van der Waals surface area contributed by atoms with Crippen LogP contribution >= 0.6 is 11.6 Å². The molecule has 0 radical (unpaired) electrons. The predicted molar refractivity (Wildman–Crippen MR) is 102 cm³/mol. The summed E-state index contributed by atoms with van der Waals surface area (Å²) in [7, 11) is -3.50. The summed E-state index contributed by atoms with van der Waals surface area (Å²) in [6, 6.07) is 14.0. The standard InChI is InChI=1S/C18H20ClN3O2S/c19-16-8-10-17(11-9-16)21-20-14-15-6-2-3-7-18(15)25(23,24)22-12-4-1-5-13-22/h2-3,6-11,14,21H,1,4-5,12-13H2. The zero-order valence-corrected chi connectivity index (χ0v) is 15.3. The molecular formula is C18H20ClN3O2S. The summed E-state index contributed by atoms with van der Waals surface area (Å²) in [4.78, 5) is 0.290. The normalized spacial score (nSPS) is 16.2. The summed E-state index contributed by atoms with van der Waals surface area (Å²) < 4.78 is 27.4. The highest BCUT2D eigenvalue weighted by Crippen LogP contribution is 2.22. The number of hydrazone groups is 1. The third-order valence-electron chi connectivity index (χ3n) is 4.09. The van der Waals surface area contributed by atoms with Crippen molar-refractivity contribution >= 4 is 33.5 Å². The summed E-state index contributed by atoms with van der Waals surface area (Å²) in [5, 5.41) is 4.81. The first-order valence-electron chi connectivity index (χ1n) is 8.21. The van der Waals surface area contributed by atoms with Crippen molar-refractivity contribution in [1.29, 1.82) is 0 Å². The highest BCUT2D eigenvalue weighted by atomic mass is 35.5. The molecule has 0 saturated carbocycles. The molecule has 5 nitrogen and oxygen atoms in total. The number of piperidine rings is 1. The minimum atomic E-state index is -3.50. The number of hydrogen-bond acceptors (Lipinski definition) is 4. The van der Waals surface area contributed by atoms with Crippen molar-refractivity contribution in [2.24, 2.45) is 5.10 Å². The SMILES string of the molecule is O=S(=O)(c1ccccc1C=NNc1ccc(Cl)cc1)N1CCCCC1. The zero-order chi connectivity index (χ0) is 17.7. The Hall–Kier alpha value is -1.89. The van der Waals surface area contributed by atoms with E-state index in [4.69, 9.17) is 11.6 Å². The minimum Gasteiger partial charge on any atom is -0.279 e. The average molecular weight is 378 g/mol. The monoisotopic (exact) mass is 377 g/mol. The summed E-state index contributed by atoms with van der Waals surface area (Å²) >= 11 is 5.85. The first-order valence-corrected chi connectivity index (χ1v) is 10.0. The van der Waals surface area contributed by atoms with Crippen LogP contribution in [0.5, 0.6) is 0 Å². The summed E-state index contributed by atoms with van der Waals surface area (Å²) in [5.41, 5.74) is 4.22. The van der Waals surface area contributed by atoms with E-state index in [-0.39, 0.29) is 0 Å². The molecule has 0 amide bonds. The Labute approximate surface area is 153 Å². The number of hydrogen-bond donors (Lipinski definition) is 1. The number of benzene rings is 2. The van der Waals surface area contributed by atoms with Gasteiger partial charge in [0.1, 0.15) is 0 Å².